The third kappa shape index (κ3) is 2.54. The number of nitrogens with zero attached hydrogens (tertiary/aromatic N) is 1. The van der Waals surface area contributed by atoms with Gasteiger partial charge in [-0.1, -0.05) is 50.9 Å². The smallest absolute Gasteiger partial charge is 0.179 e. The molecule has 6 heteroatoms. The molecule has 0 aliphatic carbocycles. The standard InChI is InChI=1S/C15H9BrClFN2O/c16-8-5-6-10(12(18)7-8)14-13(15(19)20-21-14)9-3-1-2-4-11(9)17/h1-7H,(H2,19,20). The molecule has 2 aromatic carbocycles. The summed E-state index contributed by atoms with van der Waals surface area (Å²) in [6, 6.07) is 11.8. The van der Waals surface area contributed by atoms with Crippen molar-refractivity contribution in [1.29, 1.82) is 0 Å². The number of benzene rings is 2. The van der Waals surface area contributed by atoms with Crippen LogP contribution in [0.4, 0.5) is 10.2 Å². The third-order valence-corrected chi connectivity index (χ3v) is 3.86. The van der Waals surface area contributed by atoms with Gasteiger partial charge in [-0.25, -0.2) is 4.39 Å². The molecule has 3 rings (SSSR count). The van der Waals surface area contributed by atoms with Gasteiger partial charge in [0, 0.05) is 15.1 Å². The van der Waals surface area contributed by atoms with E-state index < -0.39 is 5.82 Å². The lowest BCUT2D eigenvalue weighted by atomic mass is 10.0. The average Bonchev–Trinajstić information content (AvgIpc) is 2.81. The third-order valence-electron chi connectivity index (χ3n) is 3.04. The van der Waals surface area contributed by atoms with E-state index in [1.165, 1.54) is 6.07 Å². The van der Waals surface area contributed by atoms with E-state index in [1.54, 1.807) is 30.3 Å². The topological polar surface area (TPSA) is 52.0 Å². The van der Waals surface area contributed by atoms with Crippen molar-refractivity contribution in [3.05, 3.63) is 57.8 Å². The Morgan fingerprint density at radius 2 is 1.90 bits per heavy atom. The molecule has 0 radical (unpaired) electrons. The molecule has 0 unspecified atom stereocenters. The molecule has 0 saturated carbocycles. The summed E-state index contributed by atoms with van der Waals surface area (Å²) >= 11 is 9.40. The number of nitrogen functional groups attached to an aromatic ring is 1. The Kier molecular flexibility index (Phi) is 3.69. The molecular formula is C15H9BrClFN2O. The van der Waals surface area contributed by atoms with E-state index >= 15 is 0 Å². The van der Waals surface area contributed by atoms with Crippen LogP contribution in [0.3, 0.4) is 0 Å². The lowest BCUT2D eigenvalue weighted by molar-refractivity contribution is 0.433. The SMILES string of the molecule is Nc1noc(-c2ccc(Br)cc2F)c1-c1ccccc1Cl. The molecule has 3 nitrogen and oxygen atoms in total. The first kappa shape index (κ1) is 14.1. The Bertz CT molecular complexity index is 819. The Morgan fingerprint density at radius 1 is 1.14 bits per heavy atom. The van der Waals surface area contributed by atoms with Gasteiger partial charge < -0.3 is 10.3 Å². The van der Waals surface area contributed by atoms with Crippen LogP contribution in [0.1, 0.15) is 0 Å². The van der Waals surface area contributed by atoms with E-state index in [9.17, 15) is 4.39 Å². The van der Waals surface area contributed by atoms with Crippen LogP contribution < -0.4 is 5.73 Å². The summed E-state index contributed by atoms with van der Waals surface area (Å²) in [6.07, 6.45) is 0. The molecule has 106 valence electrons. The van der Waals surface area contributed by atoms with Crippen LogP contribution in [-0.4, -0.2) is 5.16 Å². The molecule has 1 heterocycles. The highest BCUT2D eigenvalue weighted by molar-refractivity contribution is 9.10. The summed E-state index contributed by atoms with van der Waals surface area (Å²) in [7, 11) is 0. The lowest BCUT2D eigenvalue weighted by Gasteiger charge is -2.06. The second kappa shape index (κ2) is 5.50. The van der Waals surface area contributed by atoms with Gasteiger partial charge in [0.2, 0.25) is 0 Å². The molecule has 0 fully saturated rings. The van der Waals surface area contributed by atoms with Gasteiger partial charge in [-0.15, -0.1) is 0 Å². The van der Waals surface area contributed by atoms with Crippen molar-refractivity contribution in [2.45, 2.75) is 0 Å². The minimum absolute atomic E-state index is 0.167. The number of nitrogens with two attached hydrogens (primary N) is 1. The molecule has 0 bridgehead atoms. The fourth-order valence-corrected chi connectivity index (χ4v) is 2.65. The number of hydrogen-bond acceptors (Lipinski definition) is 3. The van der Waals surface area contributed by atoms with Gasteiger partial charge >= 0.3 is 0 Å². The summed E-state index contributed by atoms with van der Waals surface area (Å²) in [5.74, 6) is -0.0140. The maximum absolute atomic E-state index is 14.2. The predicted octanol–water partition coefficient (Wildman–Crippen LogP) is 5.15. The summed E-state index contributed by atoms with van der Waals surface area (Å²) in [5.41, 5.74) is 7.28. The predicted molar refractivity (Wildman–Crippen MR) is 84.5 cm³/mol. The largest absolute Gasteiger partial charge is 0.380 e. The second-order valence-electron chi connectivity index (χ2n) is 4.38. The van der Waals surface area contributed by atoms with Gasteiger partial charge in [0.05, 0.1) is 11.1 Å². The molecule has 21 heavy (non-hydrogen) atoms. The van der Waals surface area contributed by atoms with Gasteiger partial charge in [-0.3, -0.25) is 0 Å². The van der Waals surface area contributed by atoms with Gasteiger partial charge in [0.1, 0.15) is 5.82 Å². The zero-order valence-electron chi connectivity index (χ0n) is 10.6. The van der Waals surface area contributed by atoms with Crippen molar-refractivity contribution in [3.8, 4) is 22.5 Å². The van der Waals surface area contributed by atoms with Crippen LogP contribution in [-0.2, 0) is 0 Å². The van der Waals surface area contributed by atoms with E-state index in [-0.39, 0.29) is 17.1 Å². The highest BCUT2D eigenvalue weighted by Gasteiger charge is 2.21. The molecule has 2 N–H and O–H groups in total. The summed E-state index contributed by atoms with van der Waals surface area (Å²) in [5, 5.41) is 4.23. The Labute approximate surface area is 133 Å². The molecular weight excluding hydrogens is 359 g/mol. The zero-order valence-corrected chi connectivity index (χ0v) is 13.0. The molecule has 0 atom stereocenters. The number of aromatic nitrogens is 1. The number of hydrogen-bond donors (Lipinski definition) is 1. The maximum Gasteiger partial charge on any atom is 0.179 e. The summed E-state index contributed by atoms with van der Waals surface area (Å²) < 4.78 is 20.0. The van der Waals surface area contributed by atoms with Gasteiger partial charge in [0.25, 0.3) is 0 Å². The van der Waals surface area contributed by atoms with Crippen molar-refractivity contribution in [3.63, 3.8) is 0 Å². The minimum Gasteiger partial charge on any atom is -0.380 e. The summed E-state index contributed by atoms with van der Waals surface area (Å²) in [4.78, 5) is 0. The van der Waals surface area contributed by atoms with Crippen LogP contribution in [0.5, 0.6) is 0 Å². The molecule has 3 aromatic rings. The van der Waals surface area contributed by atoms with Gasteiger partial charge in [-0.05, 0) is 24.3 Å². The van der Waals surface area contributed by atoms with Crippen molar-refractivity contribution in [2.24, 2.45) is 0 Å². The van der Waals surface area contributed by atoms with E-state index in [2.05, 4.69) is 21.1 Å². The Morgan fingerprint density at radius 3 is 2.62 bits per heavy atom. The van der Waals surface area contributed by atoms with E-state index in [0.29, 0.717) is 20.6 Å². The number of anilines is 1. The first-order chi connectivity index (χ1) is 10.1. The molecule has 1 aromatic heterocycles. The highest BCUT2D eigenvalue weighted by Crippen LogP contribution is 2.40. The summed E-state index contributed by atoms with van der Waals surface area (Å²) in [6.45, 7) is 0. The van der Waals surface area contributed by atoms with Gasteiger partial charge in [0.15, 0.2) is 11.6 Å². The van der Waals surface area contributed by atoms with Crippen LogP contribution >= 0.6 is 27.5 Å². The van der Waals surface area contributed by atoms with Crippen LogP contribution in [0.15, 0.2) is 51.5 Å². The zero-order chi connectivity index (χ0) is 15.0. The van der Waals surface area contributed by atoms with E-state index in [4.69, 9.17) is 21.9 Å². The fourth-order valence-electron chi connectivity index (χ4n) is 2.08. The van der Waals surface area contributed by atoms with Gasteiger partial charge in [-0.2, -0.15) is 0 Å². The van der Waals surface area contributed by atoms with Crippen molar-refractivity contribution < 1.29 is 8.91 Å². The van der Waals surface area contributed by atoms with Crippen molar-refractivity contribution in [1.82, 2.24) is 5.16 Å². The second-order valence-corrected chi connectivity index (χ2v) is 5.70. The fraction of sp³-hybridized carbons (Fsp3) is 0. The molecule has 0 spiro atoms. The monoisotopic (exact) mass is 366 g/mol. The van der Waals surface area contributed by atoms with E-state index in [1.807, 2.05) is 6.07 Å². The van der Waals surface area contributed by atoms with Crippen molar-refractivity contribution >= 4 is 33.3 Å². The minimum atomic E-state index is -0.436. The molecule has 0 amide bonds. The Hall–Kier alpha value is -1.85. The molecule has 0 aliphatic heterocycles. The first-order valence-corrected chi connectivity index (χ1v) is 7.20. The van der Waals surface area contributed by atoms with E-state index in [0.717, 1.165) is 0 Å². The van der Waals surface area contributed by atoms with Crippen molar-refractivity contribution in [2.75, 3.05) is 5.73 Å². The van der Waals surface area contributed by atoms with Crippen LogP contribution in [0.2, 0.25) is 5.02 Å². The average molecular weight is 368 g/mol. The normalized spacial score (nSPS) is 10.8. The quantitative estimate of drug-likeness (QED) is 0.682. The van der Waals surface area contributed by atoms with Crippen LogP contribution in [0, 0.1) is 5.82 Å². The lowest BCUT2D eigenvalue weighted by Crippen LogP contribution is -1.91. The van der Waals surface area contributed by atoms with Crippen LogP contribution in [0.25, 0.3) is 22.5 Å². The maximum atomic E-state index is 14.2. The number of halogens is 3. The first-order valence-electron chi connectivity index (χ1n) is 6.03. The molecule has 0 saturated heterocycles. The number of rotatable bonds is 2. The highest BCUT2D eigenvalue weighted by atomic mass is 79.9. The Balaban J connectivity index is 2.25. The molecule has 0 aliphatic rings.